The Hall–Kier alpha value is -3.95. The number of anilines is 1. The van der Waals surface area contributed by atoms with Gasteiger partial charge in [-0.1, -0.05) is 42.2 Å². The molecule has 0 aromatic heterocycles. The highest BCUT2D eigenvalue weighted by Gasteiger charge is 2.36. The van der Waals surface area contributed by atoms with E-state index in [0.717, 1.165) is 34.9 Å². The van der Waals surface area contributed by atoms with Crippen molar-refractivity contribution in [2.24, 2.45) is 0 Å². The first-order chi connectivity index (χ1) is 18.7. The summed E-state index contributed by atoms with van der Waals surface area (Å²) in [7, 11) is -3.23. The second kappa shape index (κ2) is 10.9. The lowest BCUT2D eigenvalue weighted by atomic mass is 10.1. The third-order valence-corrected chi connectivity index (χ3v) is 8.11. The SMILES string of the molecule is COc1cc(/C=C2/SC(=S)N(c3cccc(C(F)(F)F)c3)C2=O)ccc1OS(=O)(=O)c1ccc(C)c([N+](=O)[O-])c1. The maximum atomic E-state index is 13.1. The molecule has 1 saturated heterocycles. The minimum atomic E-state index is -4.60. The Kier molecular flexibility index (Phi) is 7.92. The lowest BCUT2D eigenvalue weighted by Crippen LogP contribution is -2.27. The summed E-state index contributed by atoms with van der Waals surface area (Å²) in [6.07, 6.45) is -3.19. The first-order valence-corrected chi connectivity index (χ1v) is 13.7. The first kappa shape index (κ1) is 29.0. The zero-order chi connectivity index (χ0) is 29.4. The van der Waals surface area contributed by atoms with Crippen LogP contribution in [0.1, 0.15) is 16.7 Å². The molecule has 1 aliphatic heterocycles. The molecule has 9 nitrogen and oxygen atoms in total. The first-order valence-electron chi connectivity index (χ1n) is 11.0. The number of nitro groups is 1. The Morgan fingerprint density at radius 1 is 1.07 bits per heavy atom. The molecule has 0 saturated carbocycles. The number of amides is 1. The third-order valence-electron chi connectivity index (χ3n) is 5.58. The predicted molar refractivity (Wildman–Crippen MR) is 146 cm³/mol. The largest absolute Gasteiger partial charge is 0.493 e. The summed E-state index contributed by atoms with van der Waals surface area (Å²) >= 11 is 6.11. The van der Waals surface area contributed by atoms with Crippen molar-refractivity contribution < 1.29 is 40.2 Å². The minimum Gasteiger partial charge on any atom is -0.493 e. The number of methoxy groups -OCH3 is 1. The lowest BCUT2D eigenvalue weighted by molar-refractivity contribution is -0.385. The van der Waals surface area contributed by atoms with Crippen LogP contribution in [-0.4, -0.2) is 30.7 Å². The van der Waals surface area contributed by atoms with Crippen LogP contribution < -0.4 is 13.8 Å². The quantitative estimate of drug-likeness (QED) is 0.103. The second-order valence-electron chi connectivity index (χ2n) is 8.22. The number of thiocarbonyl (C=S) groups is 1. The molecule has 1 aliphatic rings. The number of benzene rings is 3. The van der Waals surface area contributed by atoms with E-state index < -0.39 is 43.3 Å². The molecule has 0 N–H and O–H groups in total. The van der Waals surface area contributed by atoms with Gasteiger partial charge >= 0.3 is 16.3 Å². The zero-order valence-corrected chi connectivity index (χ0v) is 22.9. The molecule has 1 fully saturated rings. The topological polar surface area (TPSA) is 116 Å². The summed E-state index contributed by atoms with van der Waals surface area (Å²) in [5, 5.41) is 11.2. The Bertz CT molecular complexity index is 1690. The summed E-state index contributed by atoms with van der Waals surface area (Å²) in [6, 6.07) is 11.6. The molecule has 0 radical (unpaired) electrons. The van der Waals surface area contributed by atoms with Gasteiger partial charge < -0.3 is 8.92 Å². The Labute approximate surface area is 235 Å². The molecule has 4 rings (SSSR count). The molecule has 40 heavy (non-hydrogen) atoms. The van der Waals surface area contributed by atoms with Crippen molar-refractivity contribution in [2.75, 3.05) is 12.0 Å². The molecule has 0 unspecified atom stereocenters. The monoisotopic (exact) mass is 610 g/mol. The molecule has 3 aromatic rings. The van der Waals surface area contributed by atoms with Crippen LogP contribution in [0.3, 0.4) is 0 Å². The van der Waals surface area contributed by atoms with Crippen LogP contribution in [0.2, 0.25) is 0 Å². The van der Waals surface area contributed by atoms with Gasteiger partial charge in [0.25, 0.3) is 11.6 Å². The molecule has 1 amide bonds. The number of carbonyl (C=O) groups is 1. The van der Waals surface area contributed by atoms with E-state index in [0.29, 0.717) is 5.56 Å². The van der Waals surface area contributed by atoms with Crippen molar-refractivity contribution in [1.82, 2.24) is 0 Å². The molecule has 3 aromatic carbocycles. The highest BCUT2D eigenvalue weighted by atomic mass is 32.2. The molecule has 15 heteroatoms. The fourth-order valence-electron chi connectivity index (χ4n) is 3.61. The molecule has 1 heterocycles. The fourth-order valence-corrected chi connectivity index (χ4v) is 5.87. The van der Waals surface area contributed by atoms with Gasteiger partial charge in [0.05, 0.1) is 28.2 Å². The van der Waals surface area contributed by atoms with Crippen LogP contribution in [0.15, 0.2) is 70.5 Å². The van der Waals surface area contributed by atoms with Gasteiger partial charge in [0, 0.05) is 11.6 Å². The maximum absolute atomic E-state index is 13.1. The number of hydrogen-bond donors (Lipinski definition) is 0. The van der Waals surface area contributed by atoms with Gasteiger partial charge in [0.2, 0.25) is 0 Å². The van der Waals surface area contributed by atoms with Crippen LogP contribution in [0.5, 0.6) is 11.5 Å². The van der Waals surface area contributed by atoms with E-state index in [4.69, 9.17) is 21.1 Å². The van der Waals surface area contributed by atoms with Crippen LogP contribution in [0.25, 0.3) is 6.08 Å². The zero-order valence-electron chi connectivity index (χ0n) is 20.5. The van der Waals surface area contributed by atoms with E-state index in [9.17, 15) is 36.5 Å². The molecular weight excluding hydrogens is 593 g/mol. The van der Waals surface area contributed by atoms with Crippen molar-refractivity contribution in [3.63, 3.8) is 0 Å². The molecule has 0 aliphatic carbocycles. The van der Waals surface area contributed by atoms with E-state index in [2.05, 4.69) is 0 Å². The van der Waals surface area contributed by atoms with Crippen LogP contribution in [0.4, 0.5) is 24.5 Å². The van der Waals surface area contributed by atoms with Crippen molar-refractivity contribution in [1.29, 1.82) is 0 Å². The average molecular weight is 611 g/mol. The average Bonchev–Trinajstić information content (AvgIpc) is 3.16. The van der Waals surface area contributed by atoms with E-state index in [1.165, 1.54) is 62.6 Å². The number of aryl methyl sites for hydroxylation is 1. The number of halogens is 3. The number of nitro benzene ring substituents is 1. The second-order valence-corrected chi connectivity index (χ2v) is 11.4. The third kappa shape index (κ3) is 5.95. The Morgan fingerprint density at radius 3 is 2.45 bits per heavy atom. The number of ether oxygens (including phenoxy) is 1. The number of carbonyl (C=O) groups excluding carboxylic acids is 1. The van der Waals surface area contributed by atoms with Gasteiger partial charge in [-0.15, -0.1) is 0 Å². The summed E-state index contributed by atoms with van der Waals surface area (Å²) in [5.41, 5.74) is -0.724. The molecule has 0 bridgehead atoms. The number of nitrogens with zero attached hydrogens (tertiary/aromatic N) is 2. The van der Waals surface area contributed by atoms with Gasteiger partial charge in [-0.2, -0.15) is 21.6 Å². The summed E-state index contributed by atoms with van der Waals surface area (Å²) in [6.45, 7) is 1.46. The summed E-state index contributed by atoms with van der Waals surface area (Å²) < 4.78 is 75.5. The van der Waals surface area contributed by atoms with Crippen molar-refractivity contribution in [3.8, 4) is 11.5 Å². The highest BCUT2D eigenvalue weighted by molar-refractivity contribution is 8.27. The van der Waals surface area contributed by atoms with Gasteiger partial charge in [0.1, 0.15) is 4.90 Å². The summed E-state index contributed by atoms with van der Waals surface area (Å²) in [5.74, 6) is -0.899. The van der Waals surface area contributed by atoms with E-state index in [1.807, 2.05) is 0 Å². The van der Waals surface area contributed by atoms with Gasteiger partial charge in [-0.3, -0.25) is 19.8 Å². The van der Waals surface area contributed by atoms with Crippen LogP contribution in [0, 0.1) is 17.0 Å². The minimum absolute atomic E-state index is 0.0285. The van der Waals surface area contributed by atoms with Crippen LogP contribution >= 0.6 is 24.0 Å². The standard InChI is InChI=1S/C25H17F3N2O7S3/c1-14-6-8-18(13-19(14)30(32)33)40(34,35)37-20-9-7-15(10-21(20)36-2)11-22-23(31)29(24(38)39-22)17-5-3-4-16(12-17)25(26,27)28/h3-13H,1-2H3/b22-11+. The van der Waals surface area contributed by atoms with Crippen molar-refractivity contribution >= 4 is 61.8 Å². The van der Waals surface area contributed by atoms with Gasteiger partial charge in [0.15, 0.2) is 15.8 Å². The molecule has 0 spiro atoms. The molecule has 0 atom stereocenters. The number of rotatable bonds is 7. The van der Waals surface area contributed by atoms with Crippen LogP contribution in [-0.2, 0) is 21.1 Å². The normalized spacial score (nSPS) is 15.0. The maximum Gasteiger partial charge on any atom is 0.416 e. The number of alkyl halides is 3. The number of thioether (sulfide) groups is 1. The van der Waals surface area contributed by atoms with Gasteiger partial charge in [-0.25, -0.2) is 0 Å². The Balaban J connectivity index is 1.61. The van der Waals surface area contributed by atoms with E-state index in [-0.39, 0.29) is 32.0 Å². The smallest absolute Gasteiger partial charge is 0.416 e. The van der Waals surface area contributed by atoms with Gasteiger partial charge in [-0.05, 0) is 55.0 Å². The highest BCUT2D eigenvalue weighted by Crippen LogP contribution is 2.39. The van der Waals surface area contributed by atoms with E-state index in [1.54, 1.807) is 0 Å². The molecule has 208 valence electrons. The van der Waals surface area contributed by atoms with E-state index >= 15 is 0 Å². The van der Waals surface area contributed by atoms with Crippen molar-refractivity contribution in [3.05, 3.63) is 92.4 Å². The summed E-state index contributed by atoms with van der Waals surface area (Å²) in [4.78, 5) is 24.2. The fraction of sp³-hybridized carbons (Fsp3) is 0.120. The number of hydrogen-bond acceptors (Lipinski definition) is 9. The molecular formula is C25H17F3N2O7S3. The predicted octanol–water partition coefficient (Wildman–Crippen LogP) is 6.10. The Morgan fingerprint density at radius 2 is 1.80 bits per heavy atom. The van der Waals surface area contributed by atoms with Crippen molar-refractivity contribution in [2.45, 2.75) is 18.0 Å². The lowest BCUT2D eigenvalue weighted by Gasteiger charge is -2.16.